The van der Waals surface area contributed by atoms with E-state index in [2.05, 4.69) is 16.3 Å². The van der Waals surface area contributed by atoms with Crippen molar-refractivity contribution in [1.82, 2.24) is 4.90 Å². The van der Waals surface area contributed by atoms with Crippen molar-refractivity contribution < 1.29 is 13.6 Å². The first-order valence-corrected chi connectivity index (χ1v) is 9.02. The Labute approximate surface area is 156 Å². The minimum atomic E-state index is -2.59. The maximum atomic E-state index is 13.2. The lowest BCUT2D eigenvalue weighted by molar-refractivity contribution is -0.203. The number of rotatable bonds is 3. The molecule has 1 saturated carbocycles. The molecule has 0 bridgehead atoms. The SMILES string of the molecule is CC(C)C1(c2cc(C#N)ccc2C(=O)N2CC3(C2)CC(F)(F)C3)C=CN=N1. The lowest BCUT2D eigenvalue weighted by atomic mass is 9.61. The van der Waals surface area contributed by atoms with Gasteiger partial charge in [0.1, 0.15) is 5.54 Å². The highest BCUT2D eigenvalue weighted by atomic mass is 19.3. The van der Waals surface area contributed by atoms with E-state index in [1.807, 2.05) is 19.9 Å². The third-order valence-electron chi connectivity index (χ3n) is 5.92. The standard InChI is InChI=1S/C20H20F2N4O/c1-13(2)20(5-6-24-25-20)16-7-14(8-23)3-4-15(16)17(27)26-11-18(12-26)9-19(21,22)10-18/h3-7,13H,9-12H2,1-2H3. The van der Waals surface area contributed by atoms with Crippen molar-refractivity contribution in [3.63, 3.8) is 0 Å². The van der Waals surface area contributed by atoms with Gasteiger partial charge in [-0.1, -0.05) is 13.8 Å². The zero-order valence-electron chi connectivity index (χ0n) is 15.2. The molecule has 2 aliphatic heterocycles. The molecule has 140 valence electrons. The van der Waals surface area contributed by atoms with Crippen molar-refractivity contribution in [2.75, 3.05) is 13.1 Å². The minimum absolute atomic E-state index is 0.0218. The number of amides is 1. The summed E-state index contributed by atoms with van der Waals surface area (Å²) in [7, 11) is 0. The fraction of sp³-hybridized carbons (Fsp3) is 0.500. The van der Waals surface area contributed by atoms with E-state index in [9.17, 15) is 18.8 Å². The quantitative estimate of drug-likeness (QED) is 0.798. The summed E-state index contributed by atoms with van der Waals surface area (Å²) in [6, 6.07) is 7.04. The van der Waals surface area contributed by atoms with Crippen molar-refractivity contribution >= 4 is 5.91 Å². The van der Waals surface area contributed by atoms with Crippen LogP contribution in [0.25, 0.3) is 0 Å². The zero-order valence-corrected chi connectivity index (χ0v) is 15.2. The molecule has 0 N–H and O–H groups in total. The van der Waals surface area contributed by atoms with E-state index in [0.717, 1.165) is 0 Å². The summed E-state index contributed by atoms with van der Waals surface area (Å²) in [5.74, 6) is -2.77. The van der Waals surface area contributed by atoms with Gasteiger partial charge in [0.15, 0.2) is 0 Å². The number of carbonyl (C=O) groups is 1. The van der Waals surface area contributed by atoms with Crippen LogP contribution in [-0.4, -0.2) is 29.8 Å². The second-order valence-electron chi connectivity index (χ2n) is 8.25. The summed E-state index contributed by atoms with van der Waals surface area (Å²) < 4.78 is 26.5. The van der Waals surface area contributed by atoms with E-state index in [-0.39, 0.29) is 24.7 Å². The molecule has 2 heterocycles. The molecule has 1 aliphatic carbocycles. The summed E-state index contributed by atoms with van der Waals surface area (Å²) in [5, 5.41) is 17.6. The fourth-order valence-corrected chi connectivity index (χ4v) is 4.55. The van der Waals surface area contributed by atoms with E-state index >= 15 is 0 Å². The van der Waals surface area contributed by atoms with Crippen molar-refractivity contribution in [3.8, 4) is 6.07 Å². The molecule has 2 fully saturated rings. The Morgan fingerprint density at radius 1 is 1.30 bits per heavy atom. The van der Waals surface area contributed by atoms with Gasteiger partial charge in [0.25, 0.3) is 5.91 Å². The highest BCUT2D eigenvalue weighted by molar-refractivity contribution is 5.97. The van der Waals surface area contributed by atoms with Crippen LogP contribution in [0.4, 0.5) is 8.78 Å². The second kappa shape index (κ2) is 5.69. The van der Waals surface area contributed by atoms with E-state index in [4.69, 9.17) is 0 Å². The molecule has 1 aromatic carbocycles. The third-order valence-corrected chi connectivity index (χ3v) is 5.92. The maximum absolute atomic E-state index is 13.2. The minimum Gasteiger partial charge on any atom is -0.337 e. The Bertz CT molecular complexity index is 885. The average molecular weight is 370 g/mol. The van der Waals surface area contributed by atoms with Crippen LogP contribution in [0.5, 0.6) is 0 Å². The molecule has 0 radical (unpaired) electrons. The molecule has 1 aromatic rings. The normalized spacial score (nSPS) is 26.7. The van der Waals surface area contributed by atoms with E-state index in [1.54, 1.807) is 29.3 Å². The number of benzene rings is 1. The fourth-order valence-electron chi connectivity index (χ4n) is 4.55. The Morgan fingerprint density at radius 3 is 2.52 bits per heavy atom. The van der Waals surface area contributed by atoms with Crippen molar-refractivity contribution in [3.05, 3.63) is 47.2 Å². The van der Waals surface area contributed by atoms with Gasteiger partial charge in [-0.15, -0.1) is 0 Å². The number of halogens is 2. The van der Waals surface area contributed by atoms with Crippen LogP contribution in [-0.2, 0) is 5.54 Å². The number of nitrogens with zero attached hydrogens (tertiary/aromatic N) is 4. The van der Waals surface area contributed by atoms with Crippen molar-refractivity contribution in [2.45, 2.75) is 38.2 Å². The zero-order chi connectivity index (χ0) is 19.4. The van der Waals surface area contributed by atoms with Gasteiger partial charge in [0.2, 0.25) is 5.92 Å². The molecule has 27 heavy (non-hydrogen) atoms. The van der Waals surface area contributed by atoms with Crippen LogP contribution in [0.3, 0.4) is 0 Å². The number of azo groups is 1. The maximum Gasteiger partial charge on any atom is 0.254 e. The Morgan fingerprint density at radius 2 is 2.00 bits per heavy atom. The van der Waals surface area contributed by atoms with Crippen LogP contribution in [0.2, 0.25) is 0 Å². The van der Waals surface area contributed by atoms with E-state index in [1.165, 1.54) is 0 Å². The molecule has 1 amide bonds. The van der Waals surface area contributed by atoms with Crippen LogP contribution in [0.1, 0.15) is 48.2 Å². The van der Waals surface area contributed by atoms with Crippen molar-refractivity contribution in [2.24, 2.45) is 21.6 Å². The van der Waals surface area contributed by atoms with Crippen LogP contribution in [0, 0.1) is 22.7 Å². The van der Waals surface area contributed by atoms with Gasteiger partial charge >= 0.3 is 0 Å². The topological polar surface area (TPSA) is 68.8 Å². The van der Waals surface area contributed by atoms with Crippen LogP contribution in [0.15, 0.2) is 40.7 Å². The first-order chi connectivity index (χ1) is 12.7. The Hall–Kier alpha value is -2.62. The first-order valence-electron chi connectivity index (χ1n) is 9.02. The Balaban J connectivity index is 1.66. The highest BCUT2D eigenvalue weighted by Crippen LogP contribution is 2.57. The van der Waals surface area contributed by atoms with Gasteiger partial charge in [-0.3, -0.25) is 4.79 Å². The summed E-state index contributed by atoms with van der Waals surface area (Å²) >= 11 is 0. The lowest BCUT2D eigenvalue weighted by Gasteiger charge is -2.58. The highest BCUT2D eigenvalue weighted by Gasteiger charge is 2.62. The monoisotopic (exact) mass is 370 g/mol. The summed E-state index contributed by atoms with van der Waals surface area (Å²) in [6.07, 6.45) is 3.16. The molecule has 0 aromatic heterocycles. The first kappa shape index (κ1) is 17.8. The molecule has 4 rings (SSSR count). The molecule has 1 spiro atoms. The molecular formula is C20H20F2N4O. The van der Waals surface area contributed by atoms with Gasteiger partial charge in [-0.25, -0.2) is 8.78 Å². The van der Waals surface area contributed by atoms with Crippen LogP contribution >= 0.6 is 0 Å². The van der Waals surface area contributed by atoms with Gasteiger partial charge in [0.05, 0.1) is 11.6 Å². The molecule has 1 atom stereocenters. The number of carbonyl (C=O) groups excluding carboxylic acids is 1. The van der Waals surface area contributed by atoms with E-state index in [0.29, 0.717) is 29.8 Å². The molecule has 1 unspecified atom stereocenters. The molecular weight excluding hydrogens is 350 g/mol. The predicted molar refractivity (Wildman–Crippen MR) is 94.2 cm³/mol. The second-order valence-corrected chi connectivity index (χ2v) is 8.25. The van der Waals surface area contributed by atoms with Crippen molar-refractivity contribution in [1.29, 1.82) is 5.26 Å². The van der Waals surface area contributed by atoms with Crippen LogP contribution < -0.4 is 0 Å². The largest absolute Gasteiger partial charge is 0.337 e. The van der Waals surface area contributed by atoms with Gasteiger partial charge in [0, 0.05) is 43.1 Å². The summed E-state index contributed by atoms with van der Waals surface area (Å²) in [4.78, 5) is 14.7. The summed E-state index contributed by atoms with van der Waals surface area (Å²) in [6.45, 7) is 4.67. The van der Waals surface area contributed by atoms with Gasteiger partial charge in [-0.2, -0.15) is 15.5 Å². The molecule has 1 saturated heterocycles. The smallest absolute Gasteiger partial charge is 0.254 e. The molecule has 3 aliphatic rings. The lowest BCUT2D eigenvalue weighted by Crippen LogP contribution is -2.67. The van der Waals surface area contributed by atoms with E-state index < -0.39 is 16.9 Å². The van der Waals surface area contributed by atoms with Gasteiger partial charge in [-0.05, 0) is 35.8 Å². The predicted octanol–water partition coefficient (Wildman–Crippen LogP) is 4.26. The number of alkyl halides is 2. The third kappa shape index (κ3) is 2.66. The number of hydrogen-bond acceptors (Lipinski definition) is 4. The molecule has 5 nitrogen and oxygen atoms in total. The number of nitriles is 1. The molecule has 7 heteroatoms. The van der Waals surface area contributed by atoms with Gasteiger partial charge < -0.3 is 4.90 Å². The number of likely N-dealkylation sites (tertiary alicyclic amines) is 1. The Kier molecular flexibility index (Phi) is 3.74. The average Bonchev–Trinajstić information content (AvgIpc) is 3.07. The summed E-state index contributed by atoms with van der Waals surface area (Å²) in [5.41, 5.74) is 0.308. The number of hydrogen-bond donors (Lipinski definition) is 0.